The number of amides is 1. The topological polar surface area (TPSA) is 96.6 Å². The molecule has 0 radical (unpaired) electrons. The van der Waals surface area contributed by atoms with Gasteiger partial charge in [-0.3, -0.25) is 10.2 Å². The Balaban J connectivity index is 1.35. The number of fused-ring (bicyclic) bond motifs is 1. The number of methoxy groups -OCH3 is 1. The van der Waals surface area contributed by atoms with Gasteiger partial charge < -0.3 is 14.2 Å². The van der Waals surface area contributed by atoms with E-state index in [-0.39, 0.29) is 11.4 Å². The number of thioether (sulfide) groups is 1. The maximum Gasteiger partial charge on any atom is 0.283 e. The summed E-state index contributed by atoms with van der Waals surface area (Å²) in [6.07, 6.45) is 1.66. The molecule has 0 spiro atoms. The highest BCUT2D eigenvalue weighted by atomic mass is 32.2. The van der Waals surface area contributed by atoms with Crippen LogP contribution in [0.15, 0.2) is 63.5 Å². The molecule has 10 heteroatoms. The van der Waals surface area contributed by atoms with Crippen molar-refractivity contribution in [2.24, 2.45) is 9.39 Å². The Kier molecular flexibility index (Phi) is 7.36. The summed E-state index contributed by atoms with van der Waals surface area (Å²) in [5.41, 5.74) is 1.00. The van der Waals surface area contributed by atoms with E-state index in [1.54, 1.807) is 18.1 Å². The fourth-order valence-electron chi connectivity index (χ4n) is 3.06. The van der Waals surface area contributed by atoms with Crippen LogP contribution in [0.25, 0.3) is 6.08 Å². The van der Waals surface area contributed by atoms with Gasteiger partial charge >= 0.3 is 0 Å². The molecule has 2 heterocycles. The zero-order valence-electron chi connectivity index (χ0n) is 18.1. The largest absolute Gasteiger partial charge is 0.497 e. The summed E-state index contributed by atoms with van der Waals surface area (Å²) in [6.45, 7) is 2.78. The van der Waals surface area contributed by atoms with Gasteiger partial charge in [-0.2, -0.15) is 9.39 Å². The Labute approximate surface area is 200 Å². The lowest BCUT2D eigenvalue weighted by Gasteiger charge is -2.24. The monoisotopic (exact) mass is 482 g/mol. The second-order valence-electron chi connectivity index (χ2n) is 6.78. The molecular weight excluding hydrogens is 460 g/mol. The summed E-state index contributed by atoms with van der Waals surface area (Å²) in [5, 5.41) is 9.61. The normalized spacial score (nSPS) is 16.4. The van der Waals surface area contributed by atoms with E-state index in [2.05, 4.69) is 9.39 Å². The SMILES string of the molecule is CCSC1=NSC2=NC(=O)/C(=C\c3ccc(OCCOc4cccc(OC)c4)cc3)C(=N)N12. The number of rotatable bonds is 8. The van der Waals surface area contributed by atoms with E-state index in [0.29, 0.717) is 35.0 Å². The second-order valence-corrected chi connectivity index (χ2v) is 8.75. The molecule has 2 aromatic carbocycles. The zero-order valence-corrected chi connectivity index (χ0v) is 19.7. The van der Waals surface area contributed by atoms with Crippen LogP contribution in [-0.4, -0.2) is 53.1 Å². The number of hydrogen-bond donors (Lipinski definition) is 1. The van der Waals surface area contributed by atoms with E-state index in [1.165, 1.54) is 11.8 Å². The zero-order chi connectivity index (χ0) is 23.2. The molecule has 0 atom stereocenters. The average Bonchev–Trinajstić information content (AvgIpc) is 3.23. The summed E-state index contributed by atoms with van der Waals surface area (Å²) in [5.74, 6) is 2.60. The van der Waals surface area contributed by atoms with Crippen LogP contribution in [0.1, 0.15) is 12.5 Å². The van der Waals surface area contributed by atoms with Crippen molar-refractivity contribution in [3.8, 4) is 17.2 Å². The summed E-state index contributed by atoms with van der Waals surface area (Å²) in [7, 11) is 1.61. The first-order valence-corrected chi connectivity index (χ1v) is 12.0. The molecule has 8 nitrogen and oxygen atoms in total. The predicted molar refractivity (Wildman–Crippen MR) is 134 cm³/mol. The quantitative estimate of drug-likeness (QED) is 0.337. The first-order chi connectivity index (χ1) is 16.1. The highest BCUT2D eigenvalue weighted by molar-refractivity contribution is 8.19. The molecule has 0 saturated heterocycles. The van der Waals surface area contributed by atoms with Gasteiger partial charge in [0.1, 0.15) is 36.3 Å². The minimum absolute atomic E-state index is 0.0877. The predicted octanol–water partition coefficient (Wildman–Crippen LogP) is 4.48. The lowest BCUT2D eigenvalue weighted by atomic mass is 10.1. The van der Waals surface area contributed by atoms with E-state index in [1.807, 2.05) is 55.5 Å². The first-order valence-electron chi connectivity index (χ1n) is 10.2. The Morgan fingerprint density at radius 2 is 1.82 bits per heavy atom. The van der Waals surface area contributed by atoms with Crippen LogP contribution in [0.5, 0.6) is 17.2 Å². The molecule has 0 fully saturated rings. The van der Waals surface area contributed by atoms with E-state index in [0.717, 1.165) is 29.0 Å². The fourth-order valence-corrected chi connectivity index (χ4v) is 4.63. The third-order valence-corrected chi connectivity index (χ3v) is 6.26. The van der Waals surface area contributed by atoms with Gasteiger partial charge in [0.2, 0.25) is 5.17 Å². The van der Waals surface area contributed by atoms with Crippen molar-refractivity contribution >= 4 is 51.9 Å². The lowest BCUT2D eigenvalue weighted by Crippen LogP contribution is -2.41. The third kappa shape index (κ3) is 5.40. The van der Waals surface area contributed by atoms with E-state index in [9.17, 15) is 4.79 Å². The number of aliphatic imine (C=N–C) groups is 1. The Bertz CT molecular complexity index is 1150. The van der Waals surface area contributed by atoms with Crippen LogP contribution in [0.3, 0.4) is 0 Å². The molecule has 170 valence electrons. The van der Waals surface area contributed by atoms with Gasteiger partial charge in [-0.05, 0) is 41.7 Å². The third-order valence-electron chi connectivity index (χ3n) is 4.62. The first kappa shape index (κ1) is 22.9. The molecule has 2 aliphatic rings. The van der Waals surface area contributed by atoms with Gasteiger partial charge in [0.05, 0.1) is 24.6 Å². The van der Waals surface area contributed by atoms with Crippen molar-refractivity contribution in [3.05, 3.63) is 59.7 Å². The maximum atomic E-state index is 12.5. The lowest BCUT2D eigenvalue weighted by molar-refractivity contribution is -0.114. The number of carbonyl (C=O) groups is 1. The summed E-state index contributed by atoms with van der Waals surface area (Å²) >= 11 is 2.63. The van der Waals surface area contributed by atoms with Crippen LogP contribution >= 0.6 is 23.7 Å². The maximum absolute atomic E-state index is 12.5. The number of ether oxygens (including phenoxy) is 3. The standard InChI is InChI=1S/C23H22N4O4S2/c1-3-32-23-26-33-22-25-21(28)19(20(24)27(22)23)13-15-7-9-16(10-8-15)30-11-12-31-18-6-4-5-17(14-18)29-2/h4-10,13-14,24H,3,11-12H2,1-2H3/b19-13-,24-20?. The van der Waals surface area contributed by atoms with Crippen LogP contribution in [0, 0.1) is 5.41 Å². The minimum Gasteiger partial charge on any atom is -0.497 e. The number of nitrogens with one attached hydrogen (secondary N) is 1. The second kappa shape index (κ2) is 10.6. The molecule has 1 amide bonds. The molecule has 33 heavy (non-hydrogen) atoms. The Morgan fingerprint density at radius 3 is 2.55 bits per heavy atom. The van der Waals surface area contributed by atoms with Gasteiger partial charge in [-0.25, -0.2) is 4.90 Å². The molecule has 2 aliphatic heterocycles. The molecule has 0 saturated carbocycles. The molecule has 2 aromatic rings. The summed E-state index contributed by atoms with van der Waals surface area (Å²) in [6, 6.07) is 14.7. The minimum atomic E-state index is -0.438. The van der Waals surface area contributed by atoms with Crippen molar-refractivity contribution in [1.29, 1.82) is 5.41 Å². The molecule has 0 aromatic heterocycles. The fraction of sp³-hybridized carbons (Fsp3) is 0.217. The Morgan fingerprint density at radius 1 is 1.09 bits per heavy atom. The van der Waals surface area contributed by atoms with Crippen molar-refractivity contribution in [2.45, 2.75) is 6.92 Å². The summed E-state index contributed by atoms with van der Waals surface area (Å²) in [4.78, 5) is 18.2. The van der Waals surface area contributed by atoms with Gasteiger partial charge in [-0.15, -0.1) is 0 Å². The molecular formula is C23H22N4O4S2. The van der Waals surface area contributed by atoms with Crippen molar-refractivity contribution < 1.29 is 19.0 Å². The van der Waals surface area contributed by atoms with Crippen molar-refractivity contribution in [3.63, 3.8) is 0 Å². The summed E-state index contributed by atoms with van der Waals surface area (Å²) < 4.78 is 20.9. The number of benzene rings is 2. The average molecular weight is 483 g/mol. The van der Waals surface area contributed by atoms with Gasteiger partial charge in [-0.1, -0.05) is 36.9 Å². The molecule has 0 bridgehead atoms. The molecule has 0 aliphatic carbocycles. The van der Waals surface area contributed by atoms with Crippen LogP contribution in [-0.2, 0) is 4.79 Å². The van der Waals surface area contributed by atoms with Gasteiger partial charge in [0.15, 0.2) is 5.17 Å². The van der Waals surface area contributed by atoms with Crippen LogP contribution < -0.4 is 14.2 Å². The Hall–Kier alpha value is -3.24. The number of nitrogens with zero attached hydrogens (tertiary/aromatic N) is 3. The highest BCUT2D eigenvalue weighted by Gasteiger charge is 2.37. The van der Waals surface area contributed by atoms with Crippen molar-refractivity contribution in [1.82, 2.24) is 4.90 Å². The number of amidine groups is 3. The number of carbonyl (C=O) groups excluding carboxylic acids is 1. The van der Waals surface area contributed by atoms with Crippen LogP contribution in [0.4, 0.5) is 0 Å². The highest BCUT2D eigenvalue weighted by Crippen LogP contribution is 2.31. The van der Waals surface area contributed by atoms with Gasteiger partial charge in [0, 0.05) is 6.07 Å². The van der Waals surface area contributed by atoms with E-state index >= 15 is 0 Å². The molecule has 4 rings (SSSR count). The van der Waals surface area contributed by atoms with E-state index < -0.39 is 5.91 Å². The number of hydrogen-bond acceptors (Lipinski definition) is 8. The molecule has 1 N–H and O–H groups in total. The van der Waals surface area contributed by atoms with Crippen LogP contribution in [0.2, 0.25) is 0 Å². The smallest absolute Gasteiger partial charge is 0.283 e. The van der Waals surface area contributed by atoms with E-state index in [4.69, 9.17) is 19.6 Å². The van der Waals surface area contributed by atoms with Crippen molar-refractivity contribution in [2.75, 3.05) is 26.1 Å². The van der Waals surface area contributed by atoms with Gasteiger partial charge in [0.25, 0.3) is 5.91 Å². The molecule has 0 unspecified atom stereocenters.